The minimum atomic E-state index is -0.00977. The lowest BCUT2D eigenvalue weighted by atomic mass is 10.1. The van der Waals surface area contributed by atoms with Crippen molar-refractivity contribution < 1.29 is 4.79 Å². The molecule has 0 unspecified atom stereocenters. The highest BCUT2D eigenvalue weighted by Crippen LogP contribution is 2.20. The third-order valence-electron chi connectivity index (χ3n) is 5.35. The third kappa shape index (κ3) is 3.75. The average molecular weight is 415 g/mol. The van der Waals surface area contributed by atoms with Crippen LogP contribution in [0.4, 0.5) is 5.82 Å². The molecule has 156 valence electrons. The molecule has 0 spiro atoms. The number of aromatic nitrogens is 7. The lowest BCUT2D eigenvalue weighted by Crippen LogP contribution is -2.49. The van der Waals surface area contributed by atoms with Crippen molar-refractivity contribution >= 4 is 11.7 Å². The van der Waals surface area contributed by atoms with Gasteiger partial charge in [-0.15, -0.1) is 10.2 Å². The first-order chi connectivity index (χ1) is 15.2. The monoisotopic (exact) mass is 415 g/mol. The highest BCUT2D eigenvalue weighted by molar-refractivity contribution is 5.94. The Hall–Kier alpha value is -4.08. The van der Waals surface area contributed by atoms with Crippen LogP contribution in [0.25, 0.3) is 17.1 Å². The maximum atomic E-state index is 13.1. The number of nitrogens with zero attached hydrogens (tertiary/aromatic N) is 9. The van der Waals surface area contributed by atoms with Crippen LogP contribution < -0.4 is 4.90 Å². The first kappa shape index (κ1) is 18.9. The minimum Gasteiger partial charge on any atom is -0.352 e. The van der Waals surface area contributed by atoms with E-state index in [4.69, 9.17) is 0 Å². The van der Waals surface area contributed by atoms with E-state index in [1.54, 1.807) is 15.7 Å². The van der Waals surface area contributed by atoms with E-state index in [1.807, 2.05) is 60.5 Å². The smallest absolute Gasteiger partial charge is 0.272 e. The molecule has 0 N–H and O–H groups in total. The van der Waals surface area contributed by atoms with Crippen LogP contribution in [-0.2, 0) is 7.05 Å². The Balaban J connectivity index is 1.24. The normalized spacial score (nSPS) is 14.1. The number of carbonyl (C=O) groups excluding carboxylic acids is 1. The molecule has 1 aromatic carbocycles. The molecule has 3 aromatic heterocycles. The molecule has 0 saturated carbocycles. The second kappa shape index (κ2) is 7.98. The molecule has 1 amide bonds. The minimum absolute atomic E-state index is 0.00977. The van der Waals surface area contributed by atoms with Crippen LogP contribution in [0.5, 0.6) is 0 Å². The van der Waals surface area contributed by atoms with Gasteiger partial charge >= 0.3 is 0 Å². The van der Waals surface area contributed by atoms with Crippen LogP contribution in [0.15, 0.2) is 61.2 Å². The Bertz CT molecular complexity index is 1160. The van der Waals surface area contributed by atoms with Crippen molar-refractivity contribution in [2.24, 2.45) is 7.05 Å². The SMILES string of the molecule is Cn1nc(-c2ccccc2)cc1C(=O)N1CCN(c2ccc(-n3cncn3)nn2)CC1. The summed E-state index contributed by atoms with van der Waals surface area (Å²) in [4.78, 5) is 21.0. The summed E-state index contributed by atoms with van der Waals surface area (Å²) in [5.74, 6) is 1.38. The van der Waals surface area contributed by atoms with E-state index in [0.29, 0.717) is 37.7 Å². The number of aryl methyl sites for hydroxylation is 1. The highest BCUT2D eigenvalue weighted by atomic mass is 16.2. The van der Waals surface area contributed by atoms with Crippen LogP contribution in [-0.4, -0.2) is 71.7 Å². The molecule has 1 aliphatic heterocycles. The number of rotatable bonds is 4. The molecule has 0 radical (unpaired) electrons. The van der Waals surface area contributed by atoms with Crippen molar-refractivity contribution in [2.45, 2.75) is 0 Å². The van der Waals surface area contributed by atoms with E-state index in [-0.39, 0.29) is 5.91 Å². The van der Waals surface area contributed by atoms with E-state index in [2.05, 4.69) is 30.3 Å². The summed E-state index contributed by atoms with van der Waals surface area (Å²) < 4.78 is 3.22. The van der Waals surface area contributed by atoms with Gasteiger partial charge in [0.15, 0.2) is 11.6 Å². The van der Waals surface area contributed by atoms with Crippen molar-refractivity contribution in [3.8, 4) is 17.1 Å². The molecule has 1 saturated heterocycles. The van der Waals surface area contributed by atoms with E-state index in [1.165, 1.54) is 6.33 Å². The fraction of sp³-hybridized carbons (Fsp3) is 0.238. The van der Waals surface area contributed by atoms with Gasteiger partial charge in [-0.2, -0.15) is 10.2 Å². The first-order valence-electron chi connectivity index (χ1n) is 10.0. The Morgan fingerprint density at radius 1 is 0.935 bits per heavy atom. The molecule has 1 fully saturated rings. The van der Waals surface area contributed by atoms with E-state index in [0.717, 1.165) is 17.1 Å². The number of anilines is 1. The molecule has 0 atom stereocenters. The van der Waals surface area contributed by atoms with Gasteiger partial charge in [0, 0.05) is 38.8 Å². The lowest BCUT2D eigenvalue weighted by Gasteiger charge is -2.35. The van der Waals surface area contributed by atoms with Gasteiger partial charge in [-0.1, -0.05) is 30.3 Å². The van der Waals surface area contributed by atoms with Crippen LogP contribution >= 0.6 is 0 Å². The summed E-state index contributed by atoms with van der Waals surface area (Å²) in [6.07, 6.45) is 3.03. The van der Waals surface area contributed by atoms with Crippen LogP contribution in [0.1, 0.15) is 10.5 Å². The summed E-state index contributed by atoms with van der Waals surface area (Å²) in [5.41, 5.74) is 2.38. The van der Waals surface area contributed by atoms with Gasteiger partial charge in [0.1, 0.15) is 18.3 Å². The molecular weight excluding hydrogens is 394 g/mol. The Morgan fingerprint density at radius 3 is 2.35 bits per heavy atom. The van der Waals surface area contributed by atoms with Gasteiger partial charge in [0.25, 0.3) is 5.91 Å². The Kier molecular flexibility index (Phi) is 4.87. The molecule has 4 aromatic rings. The number of hydrogen-bond donors (Lipinski definition) is 0. The zero-order valence-corrected chi connectivity index (χ0v) is 17.0. The van der Waals surface area contributed by atoms with Crippen molar-refractivity contribution in [3.05, 3.63) is 66.9 Å². The third-order valence-corrected chi connectivity index (χ3v) is 5.35. The zero-order chi connectivity index (χ0) is 21.2. The van der Waals surface area contributed by atoms with E-state index < -0.39 is 0 Å². The molecular formula is C21H21N9O. The number of amides is 1. The summed E-state index contributed by atoms with van der Waals surface area (Å²) in [6, 6.07) is 15.5. The maximum Gasteiger partial charge on any atom is 0.272 e. The summed E-state index contributed by atoms with van der Waals surface area (Å²) >= 11 is 0. The van der Waals surface area contributed by atoms with Gasteiger partial charge in [-0.3, -0.25) is 9.48 Å². The fourth-order valence-electron chi connectivity index (χ4n) is 3.65. The zero-order valence-electron chi connectivity index (χ0n) is 17.0. The first-order valence-corrected chi connectivity index (χ1v) is 10.0. The van der Waals surface area contributed by atoms with Crippen LogP contribution in [0.3, 0.4) is 0 Å². The van der Waals surface area contributed by atoms with Crippen molar-refractivity contribution in [2.75, 3.05) is 31.1 Å². The lowest BCUT2D eigenvalue weighted by molar-refractivity contribution is 0.0735. The molecule has 31 heavy (non-hydrogen) atoms. The summed E-state index contributed by atoms with van der Waals surface area (Å²) in [6.45, 7) is 2.59. The summed E-state index contributed by atoms with van der Waals surface area (Å²) in [5, 5.41) is 17.1. The second-order valence-electron chi connectivity index (χ2n) is 7.27. The fourth-order valence-corrected chi connectivity index (χ4v) is 3.65. The average Bonchev–Trinajstić information content (AvgIpc) is 3.50. The Morgan fingerprint density at radius 2 is 1.68 bits per heavy atom. The molecule has 0 aliphatic carbocycles. The number of piperazine rings is 1. The van der Waals surface area contributed by atoms with Gasteiger partial charge in [0.05, 0.1) is 5.69 Å². The molecule has 5 rings (SSSR count). The topological polar surface area (TPSA) is 97.9 Å². The van der Waals surface area contributed by atoms with Gasteiger partial charge < -0.3 is 9.80 Å². The predicted molar refractivity (Wildman–Crippen MR) is 114 cm³/mol. The predicted octanol–water partition coefficient (Wildman–Crippen LogP) is 1.42. The number of hydrogen-bond acceptors (Lipinski definition) is 7. The van der Waals surface area contributed by atoms with Gasteiger partial charge in [-0.05, 0) is 18.2 Å². The van der Waals surface area contributed by atoms with Crippen LogP contribution in [0, 0.1) is 0 Å². The van der Waals surface area contributed by atoms with Crippen molar-refractivity contribution in [1.29, 1.82) is 0 Å². The van der Waals surface area contributed by atoms with E-state index >= 15 is 0 Å². The molecule has 1 aliphatic rings. The molecule has 10 heteroatoms. The van der Waals surface area contributed by atoms with Gasteiger partial charge in [-0.25, -0.2) is 9.67 Å². The Labute approximate surface area is 178 Å². The van der Waals surface area contributed by atoms with Crippen molar-refractivity contribution in [3.63, 3.8) is 0 Å². The van der Waals surface area contributed by atoms with E-state index in [9.17, 15) is 4.79 Å². The number of carbonyl (C=O) groups is 1. The highest BCUT2D eigenvalue weighted by Gasteiger charge is 2.25. The second-order valence-corrected chi connectivity index (χ2v) is 7.27. The molecule has 10 nitrogen and oxygen atoms in total. The largest absolute Gasteiger partial charge is 0.352 e. The molecule has 4 heterocycles. The quantitative estimate of drug-likeness (QED) is 0.497. The van der Waals surface area contributed by atoms with Crippen molar-refractivity contribution in [1.82, 2.24) is 39.6 Å². The van der Waals surface area contributed by atoms with Crippen LogP contribution in [0.2, 0.25) is 0 Å². The summed E-state index contributed by atoms with van der Waals surface area (Å²) in [7, 11) is 1.81. The molecule has 0 bridgehead atoms. The standard InChI is InChI=1S/C21H21N9O/c1-27-18(13-17(26-27)16-5-3-2-4-6-16)21(31)29-11-9-28(10-12-29)19-7-8-20(25-24-19)30-15-22-14-23-30/h2-8,13-15H,9-12H2,1H3. The maximum absolute atomic E-state index is 13.1. The van der Waals surface area contributed by atoms with Gasteiger partial charge in [0.2, 0.25) is 0 Å². The number of benzene rings is 1.